The number of hydrogen-bond acceptors (Lipinski definition) is 1. The molecule has 0 fully saturated rings. The van der Waals surface area contributed by atoms with Gasteiger partial charge in [-0.2, -0.15) is 0 Å². The number of benzene rings is 1. The molecule has 12 heavy (non-hydrogen) atoms. The van der Waals surface area contributed by atoms with E-state index in [9.17, 15) is 0 Å². The first-order valence-corrected chi connectivity index (χ1v) is 6.16. The van der Waals surface area contributed by atoms with Crippen molar-refractivity contribution < 1.29 is 21.6 Å². The molecule has 1 unspecified atom stereocenters. The second-order valence-corrected chi connectivity index (χ2v) is 5.24. The first kappa shape index (κ1) is 12.3. The van der Waals surface area contributed by atoms with Gasteiger partial charge in [-0.1, -0.05) is 18.2 Å². The Morgan fingerprint density at radius 3 is 2.42 bits per heavy atom. The molecule has 0 aliphatic carbocycles. The van der Waals surface area contributed by atoms with Crippen molar-refractivity contribution >= 4 is 28.9 Å². The van der Waals surface area contributed by atoms with Gasteiger partial charge in [0.1, 0.15) is 5.30 Å². The Bertz CT molecular complexity index is 244. The third-order valence-corrected chi connectivity index (χ3v) is 4.53. The van der Waals surface area contributed by atoms with Crippen LogP contribution in [0.1, 0.15) is 0 Å². The van der Waals surface area contributed by atoms with Crippen LogP contribution in [0.25, 0.3) is 0 Å². The topological polar surface area (TPSA) is 9.23 Å². The molecule has 1 atom stereocenters. The summed E-state index contributed by atoms with van der Waals surface area (Å²) in [6.07, 6.45) is 0. The summed E-state index contributed by atoms with van der Waals surface area (Å²) < 4.78 is 5.32. The van der Waals surface area contributed by atoms with Crippen LogP contribution >= 0.6 is 8.15 Å². The zero-order valence-electron chi connectivity index (χ0n) is 7.23. The minimum absolute atomic E-state index is 0. The molecule has 0 heterocycles. The Balaban J connectivity index is 0.00000121. The van der Waals surface area contributed by atoms with E-state index in [-0.39, 0.29) is 17.1 Å². The zero-order chi connectivity index (χ0) is 8.27. The maximum Gasteiger partial charge on any atom is 0.161 e. The quantitative estimate of drug-likeness (QED) is 0.527. The summed E-state index contributed by atoms with van der Waals surface area (Å²) in [5.41, 5.74) is 0. The zero-order valence-corrected chi connectivity index (χ0v) is 10.6. The predicted octanol–water partition coefficient (Wildman–Crippen LogP) is -0.0268. The van der Waals surface area contributed by atoms with Crippen LogP contribution in [-0.4, -0.2) is 24.0 Å². The third kappa shape index (κ3) is 3.00. The van der Waals surface area contributed by atoms with Crippen LogP contribution in [0.15, 0.2) is 24.3 Å². The molecule has 0 aromatic heterocycles. The SMILES string of the molecule is CO[PH+](C)c1ccccc1[SiH2].[Cu]. The molecule has 4 heteroatoms. The van der Waals surface area contributed by atoms with Gasteiger partial charge in [-0.15, -0.1) is 0 Å². The van der Waals surface area contributed by atoms with Crippen molar-refractivity contribution in [3.05, 3.63) is 24.3 Å². The Morgan fingerprint density at radius 2 is 1.92 bits per heavy atom. The first-order valence-electron chi connectivity index (χ1n) is 3.54. The molecule has 1 nitrogen and oxygen atoms in total. The van der Waals surface area contributed by atoms with E-state index in [0.29, 0.717) is 0 Å². The fraction of sp³-hybridized carbons (Fsp3) is 0.250. The molecular weight excluding hydrogens is 235 g/mol. The Labute approximate surface area is 88.6 Å². The number of hydrogen-bond donors (Lipinski definition) is 0. The molecule has 1 aromatic carbocycles. The summed E-state index contributed by atoms with van der Waals surface area (Å²) in [5, 5.41) is 2.75. The molecule has 0 aliphatic heterocycles. The van der Waals surface area contributed by atoms with Crippen molar-refractivity contribution in [2.75, 3.05) is 13.8 Å². The Hall–Kier alpha value is 0.346. The summed E-state index contributed by atoms with van der Waals surface area (Å²) in [5.74, 6) is 0. The maximum atomic E-state index is 5.32. The van der Waals surface area contributed by atoms with Crippen molar-refractivity contribution in [3.8, 4) is 0 Å². The summed E-state index contributed by atoms with van der Waals surface area (Å²) in [6.45, 7) is 2.16. The Morgan fingerprint density at radius 1 is 1.33 bits per heavy atom. The summed E-state index contributed by atoms with van der Waals surface area (Å²) in [4.78, 5) is 0. The molecule has 0 bridgehead atoms. The van der Waals surface area contributed by atoms with Gasteiger partial charge in [0.25, 0.3) is 0 Å². The molecule has 0 spiro atoms. The largest absolute Gasteiger partial charge is 0.239 e. The molecule has 0 saturated carbocycles. The van der Waals surface area contributed by atoms with Crippen LogP contribution in [0.4, 0.5) is 0 Å². The van der Waals surface area contributed by atoms with Gasteiger partial charge in [-0.3, -0.25) is 0 Å². The van der Waals surface area contributed by atoms with Crippen molar-refractivity contribution in [3.63, 3.8) is 0 Å². The van der Waals surface area contributed by atoms with Gasteiger partial charge in [0.15, 0.2) is 8.15 Å². The molecule has 2 radical (unpaired) electrons. The van der Waals surface area contributed by atoms with E-state index in [1.54, 1.807) is 7.11 Å². The van der Waals surface area contributed by atoms with Crippen LogP contribution in [0.3, 0.4) is 0 Å². The van der Waals surface area contributed by atoms with Crippen LogP contribution in [0, 0.1) is 0 Å². The van der Waals surface area contributed by atoms with E-state index in [2.05, 4.69) is 30.9 Å². The van der Waals surface area contributed by atoms with Crippen molar-refractivity contribution in [2.45, 2.75) is 0 Å². The van der Waals surface area contributed by atoms with Crippen molar-refractivity contribution in [1.82, 2.24) is 0 Å². The maximum absolute atomic E-state index is 5.32. The molecular formula is C8H13CuOPSi+. The average Bonchev–Trinajstić information content (AvgIpc) is 2.04. The third-order valence-electron chi connectivity index (χ3n) is 1.70. The van der Waals surface area contributed by atoms with Gasteiger partial charge < -0.3 is 0 Å². The minimum atomic E-state index is -0.730. The normalized spacial score (nSPS) is 11.9. The number of rotatable bonds is 2. The van der Waals surface area contributed by atoms with E-state index < -0.39 is 8.15 Å². The van der Waals surface area contributed by atoms with Crippen LogP contribution in [0.2, 0.25) is 0 Å². The summed E-state index contributed by atoms with van der Waals surface area (Å²) >= 11 is 0. The molecule has 0 N–H and O–H groups in total. The molecule has 0 aliphatic rings. The van der Waals surface area contributed by atoms with Crippen LogP contribution < -0.4 is 10.5 Å². The predicted molar refractivity (Wildman–Crippen MR) is 55.5 cm³/mol. The van der Waals surface area contributed by atoms with E-state index in [0.717, 1.165) is 0 Å². The molecule has 1 aromatic rings. The smallest absolute Gasteiger partial charge is 0.161 e. The van der Waals surface area contributed by atoms with E-state index in [1.807, 2.05) is 10.2 Å². The molecule has 0 amide bonds. The standard InChI is InChI=1S/C8H12OPSi.Cu/c1-9-10(2)7-5-3-4-6-8(7)11;/h3-6H,11H2,1-2H3;/p+1. The molecule has 0 saturated heterocycles. The van der Waals surface area contributed by atoms with E-state index >= 15 is 0 Å². The van der Waals surface area contributed by atoms with Gasteiger partial charge in [-0.05, 0) is 11.3 Å². The molecule has 1 rings (SSSR count). The van der Waals surface area contributed by atoms with Crippen LogP contribution in [-0.2, 0) is 21.6 Å². The van der Waals surface area contributed by atoms with Gasteiger partial charge in [0.05, 0.1) is 24.0 Å². The fourth-order valence-electron chi connectivity index (χ4n) is 0.974. The minimum Gasteiger partial charge on any atom is -0.239 e. The van der Waals surface area contributed by atoms with Gasteiger partial charge in [0, 0.05) is 17.1 Å². The van der Waals surface area contributed by atoms with E-state index in [4.69, 9.17) is 4.52 Å². The second-order valence-electron chi connectivity index (χ2n) is 2.42. The monoisotopic (exact) mass is 247 g/mol. The van der Waals surface area contributed by atoms with Crippen molar-refractivity contribution in [2.24, 2.45) is 0 Å². The summed E-state index contributed by atoms with van der Waals surface area (Å²) in [6, 6.07) is 8.43. The van der Waals surface area contributed by atoms with Gasteiger partial charge in [-0.25, -0.2) is 4.52 Å². The second kappa shape index (κ2) is 5.90. The van der Waals surface area contributed by atoms with Crippen LogP contribution in [0.5, 0.6) is 0 Å². The fourth-order valence-corrected chi connectivity index (χ4v) is 3.06. The van der Waals surface area contributed by atoms with Gasteiger partial charge >= 0.3 is 0 Å². The first-order chi connectivity index (χ1) is 5.25. The van der Waals surface area contributed by atoms with Gasteiger partial charge in [0.2, 0.25) is 0 Å². The molecule has 70 valence electrons. The Kier molecular flexibility index (Phi) is 6.07. The van der Waals surface area contributed by atoms with E-state index in [1.165, 1.54) is 10.5 Å². The average molecular weight is 248 g/mol. The summed E-state index contributed by atoms with van der Waals surface area (Å²) in [7, 11) is 2.98. The van der Waals surface area contributed by atoms with Crippen molar-refractivity contribution in [1.29, 1.82) is 0 Å².